The monoisotopic (exact) mass is 394 g/mol. The van der Waals surface area contributed by atoms with E-state index in [0.29, 0.717) is 13.2 Å². The number of rotatable bonds is 13. The van der Waals surface area contributed by atoms with Crippen molar-refractivity contribution in [2.45, 2.75) is 83.7 Å². The zero-order valence-corrected chi connectivity index (χ0v) is 17.7. The zero-order valence-electron chi connectivity index (χ0n) is 17.7. The summed E-state index contributed by atoms with van der Waals surface area (Å²) >= 11 is 0. The lowest BCUT2D eigenvalue weighted by molar-refractivity contribution is -1.07. The average Bonchev–Trinajstić information content (AvgIpc) is 2.72. The second kappa shape index (κ2) is 12.5. The van der Waals surface area contributed by atoms with Crippen molar-refractivity contribution >= 4 is 0 Å². The maximum Gasteiger partial charge on any atom is 0.181 e. The van der Waals surface area contributed by atoms with Crippen LogP contribution in [0.4, 0.5) is 0 Å². The minimum Gasteiger partial charge on any atom is -0.632 e. The van der Waals surface area contributed by atoms with Gasteiger partial charge in [0.05, 0.1) is 6.61 Å². The molecule has 5 unspecified atom stereocenters. The Hall–Kier alpha value is -1.02. The molecule has 6 heteroatoms. The number of hydrogen-bond acceptors (Lipinski definition) is 4. The molecule has 1 aliphatic rings. The van der Waals surface area contributed by atoms with E-state index in [4.69, 9.17) is 9.57 Å². The second-order valence-electron chi connectivity index (χ2n) is 7.90. The topological polar surface area (TPSA) is 73.5 Å². The van der Waals surface area contributed by atoms with Crippen molar-refractivity contribution < 1.29 is 19.9 Å². The van der Waals surface area contributed by atoms with Crippen LogP contribution in [0.15, 0.2) is 24.3 Å². The van der Waals surface area contributed by atoms with Crippen LogP contribution in [0.2, 0.25) is 0 Å². The van der Waals surface area contributed by atoms with Gasteiger partial charge in [-0.15, -0.1) is 0 Å². The molecular formula is C22H38N2O4. The molecule has 28 heavy (non-hydrogen) atoms. The maximum absolute atomic E-state index is 12.7. The molecule has 0 fully saturated rings. The van der Waals surface area contributed by atoms with Gasteiger partial charge in [-0.1, -0.05) is 57.4 Å². The molecular weight excluding hydrogens is 356 g/mol. The number of ether oxygens (including phenoxy) is 1. The highest BCUT2D eigenvalue weighted by molar-refractivity contribution is 5.35. The van der Waals surface area contributed by atoms with Crippen molar-refractivity contribution in [2.75, 3.05) is 19.9 Å². The van der Waals surface area contributed by atoms with Gasteiger partial charge < -0.3 is 20.2 Å². The number of nitrogens with one attached hydrogen (secondary N) is 2. The van der Waals surface area contributed by atoms with E-state index in [1.54, 1.807) is 0 Å². The fraction of sp³-hybridized carbons (Fsp3) is 0.727. The summed E-state index contributed by atoms with van der Waals surface area (Å²) in [5.74, 6) is 0.111. The normalized spacial score (nSPS) is 22.5. The van der Waals surface area contributed by atoms with Gasteiger partial charge in [0.2, 0.25) is 0 Å². The first-order valence-corrected chi connectivity index (χ1v) is 11.0. The number of unbranched alkanes of at least 4 members (excludes halogenated alkanes) is 3. The molecule has 0 amide bonds. The predicted octanol–water partition coefficient (Wildman–Crippen LogP) is 2.66. The zero-order chi connectivity index (χ0) is 20.4. The average molecular weight is 395 g/mol. The summed E-state index contributed by atoms with van der Waals surface area (Å²) in [6, 6.07) is 7.76. The van der Waals surface area contributed by atoms with E-state index >= 15 is 0 Å². The predicted molar refractivity (Wildman–Crippen MR) is 110 cm³/mol. The summed E-state index contributed by atoms with van der Waals surface area (Å²) in [4.78, 5) is 5.50. The Morgan fingerprint density at radius 2 is 1.71 bits per heavy atom. The largest absolute Gasteiger partial charge is 0.632 e. The summed E-state index contributed by atoms with van der Waals surface area (Å²) in [5.41, 5.74) is 2.19. The highest BCUT2D eigenvalue weighted by Gasteiger charge is 2.36. The van der Waals surface area contributed by atoms with Crippen molar-refractivity contribution in [3.63, 3.8) is 0 Å². The van der Waals surface area contributed by atoms with Crippen molar-refractivity contribution in [2.24, 2.45) is 0 Å². The van der Waals surface area contributed by atoms with E-state index in [2.05, 4.69) is 19.9 Å². The Balaban J connectivity index is 2.00. The number of hydrogen-bond donors (Lipinski definition) is 2. The van der Waals surface area contributed by atoms with Gasteiger partial charge in [0.25, 0.3) is 0 Å². The Kier molecular flexibility index (Phi) is 10.4. The molecule has 1 aliphatic carbocycles. The minimum absolute atomic E-state index is 0.111. The number of quaternary nitrogens is 2. The van der Waals surface area contributed by atoms with Crippen LogP contribution in [0.1, 0.15) is 88.8 Å². The van der Waals surface area contributed by atoms with E-state index in [1.807, 2.05) is 25.1 Å². The molecule has 5 atom stereocenters. The van der Waals surface area contributed by atoms with E-state index in [-0.39, 0.29) is 35.0 Å². The highest BCUT2D eigenvalue weighted by Crippen LogP contribution is 2.37. The lowest BCUT2D eigenvalue weighted by Gasteiger charge is -2.40. The minimum atomic E-state index is -0.195. The standard InChI is InChI=1S/C22H38N2O4/c1-4-6-10-16-28-24(26)18(3)19-13-14-22(21-12-9-8-11-20(19)21)23(25)17-27-15-7-5-2/h8-9,11-12,18-19,22-24H,4-7,10,13-17H2,1-3H3. The molecule has 0 bridgehead atoms. The van der Waals surface area contributed by atoms with Gasteiger partial charge in [0.1, 0.15) is 18.7 Å². The lowest BCUT2D eigenvalue weighted by Crippen LogP contribution is -3.11. The van der Waals surface area contributed by atoms with Crippen molar-refractivity contribution in [1.82, 2.24) is 0 Å². The van der Waals surface area contributed by atoms with Gasteiger partial charge in [0.15, 0.2) is 6.73 Å². The van der Waals surface area contributed by atoms with Crippen LogP contribution in [0.5, 0.6) is 0 Å². The van der Waals surface area contributed by atoms with Gasteiger partial charge in [-0.3, -0.25) is 0 Å². The van der Waals surface area contributed by atoms with Crippen LogP contribution in [0, 0.1) is 10.4 Å². The molecule has 0 saturated heterocycles. The molecule has 1 aromatic carbocycles. The first kappa shape index (κ1) is 23.3. The van der Waals surface area contributed by atoms with Crippen molar-refractivity contribution in [3.8, 4) is 0 Å². The number of hydroxylamine groups is 4. The summed E-state index contributed by atoms with van der Waals surface area (Å²) < 4.78 is 5.56. The third kappa shape index (κ3) is 6.51. The molecule has 0 aliphatic heterocycles. The third-order valence-electron chi connectivity index (χ3n) is 5.78. The molecule has 0 radical (unpaired) electrons. The third-order valence-corrected chi connectivity index (χ3v) is 5.78. The van der Waals surface area contributed by atoms with E-state index in [9.17, 15) is 10.4 Å². The van der Waals surface area contributed by atoms with Crippen LogP contribution < -0.4 is 10.3 Å². The fourth-order valence-electron chi connectivity index (χ4n) is 4.02. The van der Waals surface area contributed by atoms with Crippen molar-refractivity contribution in [3.05, 3.63) is 45.8 Å². The Labute approximate surface area is 169 Å². The molecule has 6 nitrogen and oxygen atoms in total. The Morgan fingerprint density at radius 1 is 1.00 bits per heavy atom. The fourth-order valence-corrected chi connectivity index (χ4v) is 4.02. The number of benzene rings is 1. The van der Waals surface area contributed by atoms with Gasteiger partial charge in [-0.05, 0) is 31.7 Å². The smallest absolute Gasteiger partial charge is 0.181 e. The van der Waals surface area contributed by atoms with Crippen LogP contribution >= 0.6 is 0 Å². The number of fused-ring (bicyclic) bond motifs is 1. The first-order chi connectivity index (χ1) is 13.6. The Morgan fingerprint density at radius 3 is 2.43 bits per heavy atom. The molecule has 2 N–H and O–H groups in total. The van der Waals surface area contributed by atoms with Crippen LogP contribution in [-0.4, -0.2) is 26.0 Å². The van der Waals surface area contributed by atoms with Gasteiger partial charge in [0, 0.05) is 17.9 Å². The second-order valence-corrected chi connectivity index (χ2v) is 7.90. The molecule has 0 heterocycles. The van der Waals surface area contributed by atoms with Crippen LogP contribution in [0.25, 0.3) is 0 Å². The maximum atomic E-state index is 12.7. The molecule has 2 rings (SSSR count). The summed E-state index contributed by atoms with van der Waals surface area (Å²) in [6.07, 6.45) is 6.76. The first-order valence-electron chi connectivity index (χ1n) is 11.0. The Bertz CT molecular complexity index is 557. The van der Waals surface area contributed by atoms with E-state index in [0.717, 1.165) is 56.1 Å². The SMILES string of the molecule is CCCCCO[NH+]([O-])C(C)C1CCC([NH+]([O-])COCCCC)c2ccccc21. The summed E-state index contributed by atoms with van der Waals surface area (Å²) in [7, 11) is 0. The van der Waals surface area contributed by atoms with Gasteiger partial charge in [-0.25, -0.2) is 10.1 Å². The van der Waals surface area contributed by atoms with E-state index < -0.39 is 0 Å². The molecule has 0 saturated carbocycles. The molecule has 0 aromatic heterocycles. The summed E-state index contributed by atoms with van der Waals surface area (Å²) in [5, 5.41) is 25.3. The molecule has 160 valence electrons. The summed E-state index contributed by atoms with van der Waals surface area (Å²) in [6.45, 7) is 7.52. The van der Waals surface area contributed by atoms with E-state index in [1.165, 1.54) is 0 Å². The quantitative estimate of drug-likeness (QED) is 0.306. The highest BCUT2D eigenvalue weighted by atomic mass is 16.9. The van der Waals surface area contributed by atoms with Gasteiger partial charge in [-0.2, -0.15) is 0 Å². The van der Waals surface area contributed by atoms with Crippen molar-refractivity contribution in [1.29, 1.82) is 0 Å². The van der Waals surface area contributed by atoms with Crippen LogP contribution in [0.3, 0.4) is 0 Å². The van der Waals surface area contributed by atoms with Gasteiger partial charge >= 0.3 is 0 Å². The lowest BCUT2D eigenvalue weighted by atomic mass is 9.77. The molecule has 1 aromatic rings. The molecule has 0 spiro atoms. The van der Waals surface area contributed by atoms with Crippen LogP contribution in [-0.2, 0) is 9.57 Å².